The molecule has 0 bridgehead atoms. The highest BCUT2D eigenvalue weighted by molar-refractivity contribution is 5.92. The van der Waals surface area contributed by atoms with E-state index in [9.17, 15) is 9.18 Å². The summed E-state index contributed by atoms with van der Waals surface area (Å²) in [6, 6.07) is 10.9. The summed E-state index contributed by atoms with van der Waals surface area (Å²) in [5.41, 5.74) is 2.14. The van der Waals surface area contributed by atoms with E-state index in [1.165, 1.54) is 24.3 Å². The molecule has 0 unspecified atom stereocenters. The van der Waals surface area contributed by atoms with Crippen LogP contribution in [0.1, 0.15) is 35.1 Å². The number of rotatable bonds is 7. The first-order valence-electron chi connectivity index (χ1n) is 8.35. The molecule has 7 heteroatoms. The maximum Gasteiger partial charge on any atom is 0.272 e. The summed E-state index contributed by atoms with van der Waals surface area (Å²) in [5, 5.41) is 9.70. The molecule has 0 aliphatic heterocycles. The molecule has 0 fully saturated rings. The van der Waals surface area contributed by atoms with Crippen LogP contribution >= 0.6 is 0 Å². The van der Waals surface area contributed by atoms with Crippen LogP contribution in [0.3, 0.4) is 0 Å². The number of nitrogens with one attached hydrogen (secondary N) is 2. The summed E-state index contributed by atoms with van der Waals surface area (Å²) in [6.07, 6.45) is 3.43. The number of pyridine rings is 1. The first-order chi connectivity index (χ1) is 12.6. The van der Waals surface area contributed by atoms with Gasteiger partial charge < -0.3 is 10.1 Å². The van der Waals surface area contributed by atoms with Crippen molar-refractivity contribution in [2.75, 3.05) is 0 Å². The molecule has 3 rings (SSSR count). The van der Waals surface area contributed by atoms with Crippen molar-refractivity contribution in [1.82, 2.24) is 20.5 Å². The van der Waals surface area contributed by atoms with E-state index in [4.69, 9.17) is 4.74 Å². The summed E-state index contributed by atoms with van der Waals surface area (Å²) < 4.78 is 18.5. The fourth-order valence-corrected chi connectivity index (χ4v) is 2.39. The number of benzene rings is 1. The van der Waals surface area contributed by atoms with Crippen LogP contribution < -0.4 is 10.1 Å². The summed E-state index contributed by atoms with van der Waals surface area (Å²) in [4.78, 5) is 16.3. The molecule has 0 saturated carbocycles. The third-order valence-electron chi connectivity index (χ3n) is 3.67. The third kappa shape index (κ3) is 4.66. The third-order valence-corrected chi connectivity index (χ3v) is 3.67. The lowest BCUT2D eigenvalue weighted by atomic mass is 10.2. The fraction of sp³-hybridized carbons (Fsp3) is 0.211. The minimum atomic E-state index is -0.331. The second kappa shape index (κ2) is 8.24. The minimum Gasteiger partial charge on any atom is -0.439 e. The molecule has 3 aromatic rings. The van der Waals surface area contributed by atoms with Crippen LogP contribution in [0.5, 0.6) is 11.6 Å². The lowest BCUT2D eigenvalue weighted by molar-refractivity contribution is 0.0946. The van der Waals surface area contributed by atoms with Crippen molar-refractivity contribution in [3.05, 3.63) is 71.4 Å². The van der Waals surface area contributed by atoms with Crippen LogP contribution in [0.25, 0.3) is 0 Å². The van der Waals surface area contributed by atoms with Gasteiger partial charge in [-0.3, -0.25) is 9.89 Å². The molecule has 2 aromatic heterocycles. The topological polar surface area (TPSA) is 79.9 Å². The Balaban J connectivity index is 1.59. The molecular weight excluding hydrogens is 335 g/mol. The number of aromatic nitrogens is 3. The van der Waals surface area contributed by atoms with Gasteiger partial charge in [-0.2, -0.15) is 5.10 Å². The van der Waals surface area contributed by atoms with Gasteiger partial charge in [-0.25, -0.2) is 9.37 Å². The molecule has 2 N–H and O–H groups in total. The number of hydrogen-bond donors (Lipinski definition) is 2. The quantitative estimate of drug-likeness (QED) is 0.679. The molecule has 1 amide bonds. The van der Waals surface area contributed by atoms with Crippen LogP contribution in [-0.4, -0.2) is 21.1 Å². The number of hydrogen-bond acceptors (Lipinski definition) is 4. The number of amides is 1. The Morgan fingerprint density at radius 3 is 2.81 bits per heavy atom. The highest BCUT2D eigenvalue weighted by Crippen LogP contribution is 2.20. The number of H-pyrrole nitrogens is 1. The lowest BCUT2D eigenvalue weighted by Gasteiger charge is -2.07. The van der Waals surface area contributed by atoms with Crippen LogP contribution in [0.15, 0.2) is 48.7 Å². The Labute approximate surface area is 150 Å². The van der Waals surface area contributed by atoms with Gasteiger partial charge in [0.1, 0.15) is 17.3 Å². The molecule has 1 aromatic carbocycles. The predicted octanol–water partition coefficient (Wildman–Crippen LogP) is 3.62. The van der Waals surface area contributed by atoms with Crippen molar-refractivity contribution in [2.24, 2.45) is 0 Å². The van der Waals surface area contributed by atoms with Gasteiger partial charge in [0.25, 0.3) is 5.91 Å². The molecule has 0 aliphatic carbocycles. The number of aryl methyl sites for hydroxylation is 1. The first kappa shape index (κ1) is 17.6. The summed E-state index contributed by atoms with van der Waals surface area (Å²) in [7, 11) is 0. The second-order valence-electron chi connectivity index (χ2n) is 5.77. The summed E-state index contributed by atoms with van der Waals surface area (Å²) >= 11 is 0. The number of carbonyl (C=O) groups is 1. The average Bonchev–Trinajstić information content (AvgIpc) is 3.11. The second-order valence-corrected chi connectivity index (χ2v) is 5.77. The van der Waals surface area contributed by atoms with Crippen molar-refractivity contribution >= 4 is 5.91 Å². The first-order valence-corrected chi connectivity index (χ1v) is 8.35. The lowest BCUT2D eigenvalue weighted by Crippen LogP contribution is -2.23. The highest BCUT2D eigenvalue weighted by Gasteiger charge is 2.10. The normalized spacial score (nSPS) is 10.5. The van der Waals surface area contributed by atoms with E-state index < -0.39 is 0 Å². The van der Waals surface area contributed by atoms with E-state index in [2.05, 4.69) is 27.4 Å². The Morgan fingerprint density at radius 2 is 2.04 bits per heavy atom. The Morgan fingerprint density at radius 1 is 1.23 bits per heavy atom. The van der Waals surface area contributed by atoms with Crippen LogP contribution in [-0.2, 0) is 13.0 Å². The zero-order valence-electron chi connectivity index (χ0n) is 14.3. The smallest absolute Gasteiger partial charge is 0.272 e. The number of ether oxygens (including phenoxy) is 1. The zero-order chi connectivity index (χ0) is 18.4. The molecular formula is C19H19FN4O2. The van der Waals surface area contributed by atoms with E-state index in [1.54, 1.807) is 24.4 Å². The highest BCUT2D eigenvalue weighted by atomic mass is 19.1. The molecule has 6 nitrogen and oxygen atoms in total. The van der Waals surface area contributed by atoms with Crippen LogP contribution in [0.2, 0.25) is 0 Å². The van der Waals surface area contributed by atoms with E-state index in [0.29, 0.717) is 23.9 Å². The monoisotopic (exact) mass is 354 g/mol. The number of aromatic amines is 1. The van der Waals surface area contributed by atoms with Crippen molar-refractivity contribution in [3.63, 3.8) is 0 Å². The largest absolute Gasteiger partial charge is 0.439 e. The summed E-state index contributed by atoms with van der Waals surface area (Å²) in [5.74, 6) is 0.275. The number of carbonyl (C=O) groups excluding carboxylic acids is 1. The average molecular weight is 354 g/mol. The van der Waals surface area contributed by atoms with Gasteiger partial charge in [-0.15, -0.1) is 0 Å². The molecule has 26 heavy (non-hydrogen) atoms. The standard InChI is InChI=1S/C19H19FN4O2/c1-2-3-15-11-17(24-23-15)19(25)22-12-13-8-9-21-18(10-13)26-16-6-4-14(20)5-7-16/h4-11H,2-3,12H2,1H3,(H,22,25)(H,23,24). The zero-order valence-corrected chi connectivity index (χ0v) is 14.3. The van der Waals surface area contributed by atoms with E-state index in [0.717, 1.165) is 24.1 Å². The van der Waals surface area contributed by atoms with Crippen molar-refractivity contribution in [3.8, 4) is 11.6 Å². The maximum absolute atomic E-state index is 12.9. The maximum atomic E-state index is 12.9. The van der Waals surface area contributed by atoms with Crippen LogP contribution in [0.4, 0.5) is 4.39 Å². The van der Waals surface area contributed by atoms with Gasteiger partial charge in [0, 0.05) is 24.5 Å². The Hall–Kier alpha value is -3.22. The minimum absolute atomic E-state index is 0.249. The Kier molecular flexibility index (Phi) is 5.58. The Bertz CT molecular complexity index is 877. The molecule has 0 saturated heterocycles. The number of nitrogens with zero attached hydrogens (tertiary/aromatic N) is 2. The van der Waals surface area contributed by atoms with Gasteiger partial charge >= 0.3 is 0 Å². The van der Waals surface area contributed by atoms with Gasteiger partial charge in [-0.05, 0) is 48.4 Å². The van der Waals surface area contributed by atoms with E-state index in [-0.39, 0.29) is 11.7 Å². The molecule has 0 atom stereocenters. The van der Waals surface area contributed by atoms with Gasteiger partial charge in [0.15, 0.2) is 0 Å². The molecule has 0 spiro atoms. The van der Waals surface area contributed by atoms with Crippen molar-refractivity contribution in [1.29, 1.82) is 0 Å². The summed E-state index contributed by atoms with van der Waals surface area (Å²) in [6.45, 7) is 2.38. The van der Waals surface area contributed by atoms with Crippen LogP contribution in [0, 0.1) is 5.82 Å². The van der Waals surface area contributed by atoms with Crippen molar-refractivity contribution in [2.45, 2.75) is 26.3 Å². The predicted molar refractivity (Wildman–Crippen MR) is 94.5 cm³/mol. The molecule has 134 valence electrons. The van der Waals surface area contributed by atoms with Gasteiger partial charge in [-0.1, -0.05) is 13.3 Å². The molecule has 0 radical (unpaired) electrons. The van der Waals surface area contributed by atoms with E-state index >= 15 is 0 Å². The SMILES string of the molecule is CCCc1cc(C(=O)NCc2ccnc(Oc3ccc(F)cc3)c2)n[nH]1. The van der Waals surface area contributed by atoms with E-state index in [1.807, 2.05) is 0 Å². The van der Waals surface area contributed by atoms with Crippen molar-refractivity contribution < 1.29 is 13.9 Å². The fourth-order valence-electron chi connectivity index (χ4n) is 2.39. The van der Waals surface area contributed by atoms with Gasteiger partial charge in [0.2, 0.25) is 5.88 Å². The molecule has 2 heterocycles. The number of halogens is 1. The van der Waals surface area contributed by atoms with Gasteiger partial charge in [0.05, 0.1) is 0 Å². The molecule has 0 aliphatic rings.